The van der Waals surface area contributed by atoms with Gasteiger partial charge in [-0.3, -0.25) is 9.59 Å². The molecule has 3 rings (SSSR count). The largest absolute Gasteiger partial charge is 0.484 e. The molecule has 1 aliphatic heterocycles. The van der Waals surface area contributed by atoms with Crippen LogP contribution in [-0.2, 0) is 9.53 Å². The lowest BCUT2D eigenvalue weighted by atomic mass is 9.92. The molecule has 2 aliphatic rings. The van der Waals surface area contributed by atoms with Crippen molar-refractivity contribution in [3.05, 3.63) is 40.3 Å². The summed E-state index contributed by atoms with van der Waals surface area (Å²) >= 11 is 1.46. The minimum absolute atomic E-state index is 0.291. The summed E-state index contributed by atoms with van der Waals surface area (Å²) in [6, 6.07) is 7.21. The van der Waals surface area contributed by atoms with Crippen LogP contribution in [0.3, 0.4) is 0 Å². The molecule has 0 amide bonds. The van der Waals surface area contributed by atoms with Gasteiger partial charge in [-0.1, -0.05) is 31.2 Å². The number of nitrogens with one attached hydrogen (secondary N) is 1. The van der Waals surface area contributed by atoms with E-state index in [1.807, 2.05) is 19.2 Å². The molecule has 1 aromatic rings. The molecule has 5 heteroatoms. The molecule has 22 heavy (non-hydrogen) atoms. The van der Waals surface area contributed by atoms with Crippen LogP contribution in [0, 0.1) is 0 Å². The van der Waals surface area contributed by atoms with E-state index < -0.39 is 11.6 Å². The van der Waals surface area contributed by atoms with E-state index in [0.717, 1.165) is 24.9 Å². The summed E-state index contributed by atoms with van der Waals surface area (Å²) in [4.78, 5) is 25.0. The van der Waals surface area contributed by atoms with Crippen LogP contribution >= 0.6 is 11.8 Å². The van der Waals surface area contributed by atoms with Crippen LogP contribution in [-0.4, -0.2) is 36.5 Å². The predicted octanol–water partition coefficient (Wildman–Crippen LogP) is 2.64. The Morgan fingerprint density at radius 2 is 1.95 bits per heavy atom. The molecule has 0 radical (unpaired) electrons. The number of carbonyl (C=O) groups is 2. The molecule has 0 bridgehead atoms. The Balaban J connectivity index is 2.04. The van der Waals surface area contributed by atoms with E-state index in [-0.39, 0.29) is 5.60 Å². The number of carbonyl (C=O) groups excluding carboxylic acids is 2. The molecule has 1 N–H and O–H groups in total. The van der Waals surface area contributed by atoms with E-state index in [9.17, 15) is 9.59 Å². The molecular weight excluding hydrogens is 298 g/mol. The number of Topliss-reactive ketones (excluding diaryl/α,β-unsaturated/α-hetero) is 2. The number of thioether (sulfide) groups is 1. The monoisotopic (exact) mass is 317 g/mol. The van der Waals surface area contributed by atoms with Crippen molar-refractivity contribution in [2.75, 3.05) is 19.3 Å². The fraction of sp³-hybridized carbons (Fsp3) is 0.412. The molecule has 1 unspecified atom stereocenters. The van der Waals surface area contributed by atoms with Crippen LogP contribution in [0.15, 0.2) is 29.2 Å². The van der Waals surface area contributed by atoms with Crippen molar-refractivity contribution >= 4 is 29.1 Å². The molecule has 0 saturated carbocycles. The maximum Gasteiger partial charge on any atom is 0.243 e. The Labute approximate surface area is 134 Å². The van der Waals surface area contributed by atoms with Gasteiger partial charge in [0.05, 0.1) is 0 Å². The quantitative estimate of drug-likeness (QED) is 0.865. The Morgan fingerprint density at radius 1 is 1.23 bits per heavy atom. The molecule has 1 heterocycles. The van der Waals surface area contributed by atoms with Crippen molar-refractivity contribution < 1.29 is 14.3 Å². The van der Waals surface area contributed by atoms with Gasteiger partial charge in [0.25, 0.3) is 0 Å². The van der Waals surface area contributed by atoms with Crippen molar-refractivity contribution in [2.24, 2.45) is 0 Å². The first-order valence-electron chi connectivity index (χ1n) is 7.51. The number of rotatable bonds is 4. The maximum atomic E-state index is 12.3. The highest BCUT2D eigenvalue weighted by molar-refractivity contribution is 8.04. The molecule has 4 nitrogen and oxygen atoms in total. The zero-order chi connectivity index (χ0) is 15.7. The van der Waals surface area contributed by atoms with Crippen molar-refractivity contribution in [2.45, 2.75) is 25.4 Å². The third kappa shape index (κ3) is 2.38. The number of benzene rings is 1. The summed E-state index contributed by atoms with van der Waals surface area (Å²) in [7, 11) is 1.92. The topological polar surface area (TPSA) is 55.4 Å². The van der Waals surface area contributed by atoms with Crippen molar-refractivity contribution in [3.8, 4) is 0 Å². The number of hydrogen-bond donors (Lipinski definition) is 1. The van der Waals surface area contributed by atoms with Crippen molar-refractivity contribution in [1.82, 2.24) is 5.32 Å². The van der Waals surface area contributed by atoms with Crippen LogP contribution in [0.2, 0.25) is 0 Å². The highest BCUT2D eigenvalue weighted by Gasteiger charge is 2.43. The summed E-state index contributed by atoms with van der Waals surface area (Å²) in [5.74, 6) is 0.432. The normalized spacial score (nSPS) is 23.9. The fourth-order valence-electron chi connectivity index (χ4n) is 2.84. The summed E-state index contributed by atoms with van der Waals surface area (Å²) in [5.41, 5.74) is 0.907. The summed E-state index contributed by atoms with van der Waals surface area (Å²) in [5, 5.41) is 3.15. The summed E-state index contributed by atoms with van der Waals surface area (Å²) < 4.78 is 6.32. The van der Waals surface area contributed by atoms with Gasteiger partial charge in [0, 0.05) is 23.3 Å². The van der Waals surface area contributed by atoms with Gasteiger partial charge in [0.2, 0.25) is 11.6 Å². The van der Waals surface area contributed by atoms with Gasteiger partial charge in [-0.2, -0.15) is 0 Å². The van der Waals surface area contributed by atoms with Crippen LogP contribution in [0.25, 0.3) is 5.76 Å². The first kappa shape index (κ1) is 15.3. The molecule has 0 aromatic heterocycles. The standard InChI is InChI=1S/C17H19NO3S/c1-3-17(8-9-18-2)10-22-16-14(20)13(19)11-6-4-5-7-12(11)15(16)21-17/h4-7,18H,3,8-10H2,1-2H3. The Kier molecular flexibility index (Phi) is 4.10. The second kappa shape index (κ2) is 5.89. The van der Waals surface area contributed by atoms with Gasteiger partial charge in [-0.15, -0.1) is 11.8 Å². The molecule has 1 atom stereocenters. The molecule has 1 aliphatic carbocycles. The molecule has 0 fully saturated rings. The number of allylic oxidation sites excluding steroid dienone is 1. The Bertz CT molecular complexity index is 668. The second-order valence-electron chi connectivity index (χ2n) is 5.64. The van der Waals surface area contributed by atoms with Gasteiger partial charge < -0.3 is 10.1 Å². The molecule has 0 saturated heterocycles. The Hall–Kier alpha value is -1.59. The second-order valence-corrected chi connectivity index (χ2v) is 6.63. The van der Waals surface area contributed by atoms with Gasteiger partial charge in [-0.05, 0) is 20.0 Å². The molecule has 1 aromatic carbocycles. The van der Waals surface area contributed by atoms with Gasteiger partial charge in [0.15, 0.2) is 0 Å². The van der Waals surface area contributed by atoms with E-state index in [1.54, 1.807) is 12.1 Å². The van der Waals surface area contributed by atoms with E-state index in [0.29, 0.717) is 22.0 Å². The fourth-order valence-corrected chi connectivity index (χ4v) is 4.16. The van der Waals surface area contributed by atoms with Crippen molar-refractivity contribution in [1.29, 1.82) is 0 Å². The van der Waals surface area contributed by atoms with Crippen LogP contribution in [0.5, 0.6) is 0 Å². The lowest BCUT2D eigenvalue weighted by Gasteiger charge is -2.40. The van der Waals surface area contributed by atoms with Crippen molar-refractivity contribution in [3.63, 3.8) is 0 Å². The van der Waals surface area contributed by atoms with E-state index in [4.69, 9.17) is 4.74 Å². The average molecular weight is 317 g/mol. The predicted molar refractivity (Wildman–Crippen MR) is 87.8 cm³/mol. The first-order chi connectivity index (χ1) is 10.6. The zero-order valence-corrected chi connectivity index (χ0v) is 13.6. The third-order valence-electron chi connectivity index (χ3n) is 4.31. The zero-order valence-electron chi connectivity index (χ0n) is 12.8. The van der Waals surface area contributed by atoms with Gasteiger partial charge in [0.1, 0.15) is 16.3 Å². The number of fused-ring (bicyclic) bond motifs is 2. The third-order valence-corrected chi connectivity index (χ3v) is 5.64. The van der Waals surface area contributed by atoms with Crippen LogP contribution < -0.4 is 5.32 Å². The number of hydrogen-bond acceptors (Lipinski definition) is 5. The van der Waals surface area contributed by atoms with E-state index >= 15 is 0 Å². The molecular formula is C17H19NO3S. The van der Waals surface area contributed by atoms with Gasteiger partial charge >= 0.3 is 0 Å². The number of ketones is 2. The highest BCUT2D eigenvalue weighted by atomic mass is 32.2. The lowest BCUT2D eigenvalue weighted by molar-refractivity contribution is -0.111. The minimum Gasteiger partial charge on any atom is -0.484 e. The maximum absolute atomic E-state index is 12.3. The Morgan fingerprint density at radius 3 is 2.64 bits per heavy atom. The van der Waals surface area contributed by atoms with E-state index in [2.05, 4.69) is 12.2 Å². The SMILES string of the molecule is CCC1(CCNC)CSC2=C(O1)c1ccccc1C(=O)C2=O. The smallest absolute Gasteiger partial charge is 0.243 e. The molecule has 116 valence electrons. The summed E-state index contributed by atoms with van der Waals surface area (Å²) in [6.45, 7) is 2.95. The first-order valence-corrected chi connectivity index (χ1v) is 8.49. The number of ether oxygens (including phenoxy) is 1. The molecule has 0 spiro atoms. The minimum atomic E-state index is -0.433. The van der Waals surface area contributed by atoms with Crippen LogP contribution in [0.1, 0.15) is 35.7 Å². The van der Waals surface area contributed by atoms with Crippen LogP contribution in [0.4, 0.5) is 0 Å². The van der Waals surface area contributed by atoms with E-state index in [1.165, 1.54) is 11.8 Å². The summed E-state index contributed by atoms with van der Waals surface area (Å²) in [6.07, 6.45) is 1.73. The average Bonchev–Trinajstić information content (AvgIpc) is 2.57. The lowest BCUT2D eigenvalue weighted by Crippen LogP contribution is -2.41. The van der Waals surface area contributed by atoms with Gasteiger partial charge in [-0.25, -0.2) is 0 Å². The highest BCUT2D eigenvalue weighted by Crippen LogP contribution is 2.45.